The first-order chi connectivity index (χ1) is 12.4. The molecular formula is C14H18F5N3OS. The molecule has 0 spiro atoms. The summed E-state index contributed by atoms with van der Waals surface area (Å²) in [6.07, 6.45) is -6.05. The van der Waals surface area contributed by atoms with E-state index in [-0.39, 0.29) is 25.5 Å². The fourth-order valence-electron chi connectivity index (χ4n) is 2.27. The lowest BCUT2D eigenvalue weighted by Gasteiger charge is -2.22. The Morgan fingerprint density at radius 1 is 1.33 bits per heavy atom. The number of rotatable bonds is 7. The van der Waals surface area contributed by atoms with Crippen molar-refractivity contribution in [3.05, 3.63) is 11.8 Å². The molecule has 0 aromatic carbocycles. The highest BCUT2D eigenvalue weighted by atomic mass is 32.1. The highest BCUT2D eigenvalue weighted by Crippen LogP contribution is 2.34. The van der Waals surface area contributed by atoms with Crippen molar-refractivity contribution >= 4 is 17.3 Å². The van der Waals surface area contributed by atoms with E-state index in [1.54, 1.807) is 0 Å². The number of hydrogen-bond donors (Lipinski definition) is 0. The summed E-state index contributed by atoms with van der Waals surface area (Å²) in [5.74, 6) is -3.78. The van der Waals surface area contributed by atoms with Crippen LogP contribution in [-0.4, -0.2) is 52.4 Å². The molecule has 0 fully saturated rings. The van der Waals surface area contributed by atoms with Gasteiger partial charge in [-0.1, -0.05) is 6.08 Å². The van der Waals surface area contributed by atoms with Gasteiger partial charge in [0.25, 0.3) is 11.8 Å². The Hall–Kier alpha value is -1.29. The van der Waals surface area contributed by atoms with Crippen LogP contribution in [0.2, 0.25) is 0 Å². The molecule has 0 radical (unpaired) electrons. The van der Waals surface area contributed by atoms with Crippen LogP contribution in [0.1, 0.15) is 35.5 Å². The molecule has 1 aliphatic rings. The number of nitrogens with zero attached hydrogens (tertiary/aromatic N) is 3. The molecule has 1 aliphatic heterocycles. The Balaban J connectivity index is 1.90. The first kappa shape index (κ1) is 15.0. The Bertz CT molecular complexity index is 663. The van der Waals surface area contributed by atoms with Crippen molar-refractivity contribution in [3.8, 4) is 5.88 Å². The van der Waals surface area contributed by atoms with Crippen molar-refractivity contribution in [2.45, 2.75) is 37.8 Å². The van der Waals surface area contributed by atoms with Gasteiger partial charge in [0.2, 0.25) is 0 Å². The van der Waals surface area contributed by atoms with Gasteiger partial charge >= 0.3 is 6.18 Å². The van der Waals surface area contributed by atoms with Crippen molar-refractivity contribution in [2.24, 2.45) is 0 Å². The van der Waals surface area contributed by atoms with Crippen molar-refractivity contribution in [1.82, 2.24) is 13.6 Å². The smallest absolute Gasteiger partial charge is 0.394 e. The van der Waals surface area contributed by atoms with Gasteiger partial charge in [-0.15, -0.1) is 4.37 Å². The molecule has 1 aromatic rings. The summed E-state index contributed by atoms with van der Waals surface area (Å²) < 4.78 is 98.4. The van der Waals surface area contributed by atoms with Crippen LogP contribution in [0.5, 0.6) is 5.88 Å². The highest BCUT2D eigenvalue weighted by Gasteiger charge is 2.42. The first-order valence-electron chi connectivity index (χ1n) is 8.72. The second-order valence-electron chi connectivity index (χ2n) is 5.46. The Morgan fingerprint density at radius 2 is 2.12 bits per heavy atom. The summed E-state index contributed by atoms with van der Waals surface area (Å²) in [6, 6.07) is 0. The summed E-state index contributed by atoms with van der Waals surface area (Å²) >= 11 is 0.818. The molecule has 2 heterocycles. The van der Waals surface area contributed by atoms with Gasteiger partial charge in [0.05, 0.1) is 18.3 Å². The molecule has 0 saturated carbocycles. The minimum Gasteiger partial charge on any atom is -0.475 e. The predicted molar refractivity (Wildman–Crippen MR) is 80.3 cm³/mol. The normalized spacial score (nSPS) is 19.4. The average Bonchev–Trinajstić information content (AvgIpc) is 2.97. The third-order valence-electron chi connectivity index (χ3n) is 3.30. The monoisotopic (exact) mass is 374 g/mol. The Labute approximate surface area is 144 Å². The lowest BCUT2D eigenvalue weighted by atomic mass is 10.1. The number of ether oxygens (including phenoxy) is 1. The minimum absolute atomic E-state index is 0.0674. The Morgan fingerprint density at radius 3 is 2.83 bits per heavy atom. The van der Waals surface area contributed by atoms with Gasteiger partial charge in [0.1, 0.15) is 12.1 Å². The molecule has 2 rings (SSSR count). The van der Waals surface area contributed by atoms with Crippen LogP contribution < -0.4 is 4.74 Å². The van der Waals surface area contributed by atoms with Crippen LogP contribution in [0.15, 0.2) is 6.08 Å². The lowest BCUT2D eigenvalue weighted by Crippen LogP contribution is -2.26. The van der Waals surface area contributed by atoms with Crippen LogP contribution >= 0.6 is 11.7 Å². The van der Waals surface area contributed by atoms with Crippen LogP contribution in [0.3, 0.4) is 0 Å². The number of hydrogen-bond acceptors (Lipinski definition) is 5. The zero-order valence-electron chi connectivity index (χ0n) is 15.6. The van der Waals surface area contributed by atoms with Gasteiger partial charge in [0.15, 0.2) is 0 Å². The third-order valence-corrected chi connectivity index (χ3v) is 3.81. The fourth-order valence-corrected chi connectivity index (χ4v) is 2.80. The SMILES string of the molecule is [2H]C([2H])([2H])N1CCC=C(c2nsnc2OCCCC(F)(F)CC(F)(F)F)C1. The number of likely N-dealkylation sites (N-methyl/N-ethyl adjacent to an activating group) is 1. The number of aromatic nitrogens is 2. The summed E-state index contributed by atoms with van der Waals surface area (Å²) in [7, 11) is 0. The maximum atomic E-state index is 13.2. The zero-order valence-corrected chi connectivity index (χ0v) is 13.4. The molecular weight excluding hydrogens is 353 g/mol. The van der Waals surface area contributed by atoms with Gasteiger partial charge in [-0.2, -0.15) is 17.5 Å². The summed E-state index contributed by atoms with van der Waals surface area (Å²) in [5, 5.41) is 0. The second kappa shape index (κ2) is 7.73. The second-order valence-corrected chi connectivity index (χ2v) is 5.99. The molecule has 0 N–H and O–H groups in total. The molecule has 0 atom stereocenters. The van der Waals surface area contributed by atoms with Gasteiger partial charge in [0, 0.05) is 23.6 Å². The van der Waals surface area contributed by atoms with Gasteiger partial charge in [-0.3, -0.25) is 0 Å². The number of halogens is 5. The molecule has 10 heteroatoms. The molecule has 0 amide bonds. The Kier molecular flexibility index (Phi) is 4.83. The number of alkyl halides is 5. The van der Waals surface area contributed by atoms with E-state index < -0.39 is 31.9 Å². The van der Waals surface area contributed by atoms with Crippen molar-refractivity contribution in [1.29, 1.82) is 0 Å². The topological polar surface area (TPSA) is 38.2 Å². The predicted octanol–water partition coefficient (Wildman–Crippen LogP) is 4.00. The summed E-state index contributed by atoms with van der Waals surface area (Å²) in [4.78, 5) is 1.29. The molecule has 0 unspecified atom stereocenters. The van der Waals surface area contributed by atoms with E-state index in [9.17, 15) is 22.0 Å². The van der Waals surface area contributed by atoms with E-state index in [1.165, 1.54) is 4.90 Å². The van der Waals surface area contributed by atoms with Gasteiger partial charge in [-0.05, 0) is 25.4 Å². The maximum Gasteiger partial charge on any atom is 0.394 e. The minimum atomic E-state index is -4.93. The lowest BCUT2D eigenvalue weighted by molar-refractivity contribution is -0.189. The molecule has 4 nitrogen and oxygen atoms in total. The zero-order chi connectivity index (χ0) is 20.3. The van der Waals surface area contributed by atoms with Crippen LogP contribution in [0.25, 0.3) is 5.57 Å². The van der Waals surface area contributed by atoms with Crippen molar-refractivity contribution in [3.63, 3.8) is 0 Å². The quantitative estimate of drug-likeness (QED) is 0.534. The van der Waals surface area contributed by atoms with E-state index in [0.717, 1.165) is 11.7 Å². The standard InChI is InChI=1S/C14H18F5N3OS/c1-22-6-2-4-10(8-22)11-12(21-24-20-11)23-7-3-5-13(15,16)9-14(17,18)19/h4H,2-3,5-9H2,1H3/i1D3. The van der Waals surface area contributed by atoms with Gasteiger partial charge < -0.3 is 9.64 Å². The average molecular weight is 374 g/mol. The maximum absolute atomic E-state index is 13.2. The third kappa shape index (κ3) is 5.97. The van der Waals surface area contributed by atoms with Crippen LogP contribution in [0, 0.1) is 0 Å². The summed E-state index contributed by atoms with van der Waals surface area (Å²) in [6.45, 7) is -2.03. The van der Waals surface area contributed by atoms with E-state index in [1.807, 2.05) is 6.08 Å². The van der Waals surface area contributed by atoms with Gasteiger partial charge in [-0.25, -0.2) is 8.78 Å². The van der Waals surface area contributed by atoms with Crippen LogP contribution in [-0.2, 0) is 0 Å². The first-order valence-corrected chi connectivity index (χ1v) is 7.95. The van der Waals surface area contributed by atoms with E-state index in [4.69, 9.17) is 8.85 Å². The molecule has 0 bridgehead atoms. The molecule has 136 valence electrons. The van der Waals surface area contributed by atoms with E-state index in [2.05, 4.69) is 8.75 Å². The largest absolute Gasteiger partial charge is 0.475 e. The molecule has 0 aliphatic carbocycles. The van der Waals surface area contributed by atoms with Crippen molar-refractivity contribution in [2.75, 3.05) is 26.7 Å². The van der Waals surface area contributed by atoms with E-state index in [0.29, 0.717) is 24.2 Å². The van der Waals surface area contributed by atoms with E-state index >= 15 is 0 Å². The van der Waals surface area contributed by atoms with Crippen LogP contribution in [0.4, 0.5) is 22.0 Å². The molecule has 0 saturated heterocycles. The summed E-state index contributed by atoms with van der Waals surface area (Å²) in [5.41, 5.74) is 0.930. The van der Waals surface area contributed by atoms with Crippen molar-refractivity contribution < 1.29 is 30.8 Å². The fraction of sp³-hybridized carbons (Fsp3) is 0.714. The molecule has 1 aromatic heterocycles. The molecule has 24 heavy (non-hydrogen) atoms. The highest BCUT2D eigenvalue weighted by molar-refractivity contribution is 6.99.